The Bertz CT molecular complexity index is 937. The summed E-state index contributed by atoms with van der Waals surface area (Å²) in [6, 6.07) is 7.80. The molecule has 2 aromatic heterocycles. The van der Waals surface area contributed by atoms with Gasteiger partial charge in [-0.25, -0.2) is 9.67 Å². The number of benzene rings is 1. The van der Waals surface area contributed by atoms with Gasteiger partial charge in [0, 0.05) is 47.8 Å². The molecule has 0 unspecified atom stereocenters. The van der Waals surface area contributed by atoms with Crippen molar-refractivity contribution < 1.29 is 4.79 Å². The number of amides is 1. The highest BCUT2D eigenvalue weighted by Gasteiger charge is 2.23. The molecule has 26 heavy (non-hydrogen) atoms. The van der Waals surface area contributed by atoms with Gasteiger partial charge in [-0.15, -0.1) is 11.3 Å². The van der Waals surface area contributed by atoms with Crippen molar-refractivity contribution in [2.75, 3.05) is 19.6 Å². The Labute approximate surface area is 160 Å². The van der Waals surface area contributed by atoms with Crippen LogP contribution in [0.5, 0.6) is 0 Å². The van der Waals surface area contributed by atoms with Crippen molar-refractivity contribution in [3.63, 3.8) is 0 Å². The maximum atomic E-state index is 12.7. The maximum absolute atomic E-state index is 12.7. The molecule has 3 heterocycles. The van der Waals surface area contributed by atoms with E-state index in [1.807, 2.05) is 40.7 Å². The van der Waals surface area contributed by atoms with Crippen LogP contribution in [0.15, 0.2) is 42.0 Å². The summed E-state index contributed by atoms with van der Waals surface area (Å²) in [4.78, 5) is 19.1. The van der Waals surface area contributed by atoms with Crippen LogP contribution < -0.4 is 5.32 Å². The molecular formula is C18H18ClN5OS. The van der Waals surface area contributed by atoms with E-state index in [0.29, 0.717) is 29.8 Å². The summed E-state index contributed by atoms with van der Waals surface area (Å²) in [6.45, 7) is 4.31. The summed E-state index contributed by atoms with van der Waals surface area (Å²) >= 11 is 7.50. The van der Waals surface area contributed by atoms with Crippen molar-refractivity contribution in [1.82, 2.24) is 25.0 Å². The van der Waals surface area contributed by atoms with Gasteiger partial charge in [0.1, 0.15) is 10.7 Å². The average molecular weight is 388 g/mol. The van der Waals surface area contributed by atoms with Crippen LogP contribution in [0.2, 0.25) is 5.02 Å². The van der Waals surface area contributed by atoms with Crippen LogP contribution in [-0.2, 0) is 0 Å². The van der Waals surface area contributed by atoms with Gasteiger partial charge < -0.3 is 10.2 Å². The molecule has 8 heteroatoms. The lowest BCUT2D eigenvalue weighted by Crippen LogP contribution is -2.51. The Morgan fingerprint density at radius 3 is 3.12 bits per heavy atom. The monoisotopic (exact) mass is 387 g/mol. The number of carbonyl (C=O) groups is 1. The zero-order chi connectivity index (χ0) is 18.1. The third-order valence-electron chi connectivity index (χ3n) is 4.28. The first kappa shape index (κ1) is 17.2. The lowest BCUT2D eigenvalue weighted by atomic mass is 10.2. The summed E-state index contributed by atoms with van der Waals surface area (Å²) in [5.41, 5.74) is 2.25. The number of hydrogen-bond donors (Lipinski definition) is 1. The molecule has 134 valence electrons. The molecule has 1 fully saturated rings. The van der Waals surface area contributed by atoms with Crippen LogP contribution in [-0.4, -0.2) is 51.2 Å². The minimum Gasteiger partial charge on any atom is -0.334 e. The molecule has 1 saturated heterocycles. The highest BCUT2D eigenvalue weighted by molar-refractivity contribution is 7.13. The summed E-state index contributed by atoms with van der Waals surface area (Å²) in [6.07, 6.45) is 3.65. The zero-order valence-corrected chi connectivity index (χ0v) is 15.8. The number of piperazine rings is 1. The Kier molecular flexibility index (Phi) is 4.76. The largest absolute Gasteiger partial charge is 0.334 e. The molecular weight excluding hydrogens is 370 g/mol. The maximum Gasteiger partial charge on any atom is 0.273 e. The quantitative estimate of drug-likeness (QED) is 0.750. The fourth-order valence-electron chi connectivity index (χ4n) is 2.98. The van der Waals surface area contributed by atoms with E-state index in [9.17, 15) is 4.79 Å². The third kappa shape index (κ3) is 3.51. The van der Waals surface area contributed by atoms with Gasteiger partial charge in [-0.3, -0.25) is 4.79 Å². The van der Waals surface area contributed by atoms with Gasteiger partial charge in [0.05, 0.1) is 11.9 Å². The number of carbonyl (C=O) groups excluding carboxylic acids is 1. The first-order chi connectivity index (χ1) is 12.6. The molecule has 1 aromatic carbocycles. The molecule has 4 rings (SSSR count). The predicted octanol–water partition coefficient (Wildman–Crippen LogP) is 3.08. The molecule has 0 radical (unpaired) electrons. The fourth-order valence-corrected chi connectivity index (χ4v) is 3.93. The first-order valence-corrected chi connectivity index (χ1v) is 9.65. The Balaban J connectivity index is 1.54. The molecule has 0 bridgehead atoms. The smallest absolute Gasteiger partial charge is 0.273 e. The van der Waals surface area contributed by atoms with E-state index >= 15 is 0 Å². The van der Waals surface area contributed by atoms with Gasteiger partial charge in [0.15, 0.2) is 0 Å². The first-order valence-electron chi connectivity index (χ1n) is 8.39. The van der Waals surface area contributed by atoms with Crippen LogP contribution in [0.3, 0.4) is 0 Å². The molecule has 1 N–H and O–H groups in total. The predicted molar refractivity (Wildman–Crippen MR) is 103 cm³/mol. The van der Waals surface area contributed by atoms with Crippen LogP contribution in [0.4, 0.5) is 0 Å². The van der Waals surface area contributed by atoms with E-state index in [0.717, 1.165) is 22.8 Å². The number of nitrogens with one attached hydrogen (secondary N) is 1. The van der Waals surface area contributed by atoms with Crippen molar-refractivity contribution in [3.05, 3.63) is 52.8 Å². The average Bonchev–Trinajstić information content (AvgIpc) is 3.30. The fraction of sp³-hybridized carbons (Fsp3) is 0.278. The SMILES string of the molecule is C[C@H]1CN(C(=O)c2csc(-c3cnn(-c4cccc(Cl)c4)c3)n2)CCN1. The molecule has 1 amide bonds. The summed E-state index contributed by atoms with van der Waals surface area (Å²) in [7, 11) is 0. The van der Waals surface area contributed by atoms with Crippen LogP contribution >= 0.6 is 22.9 Å². The van der Waals surface area contributed by atoms with E-state index in [1.54, 1.807) is 10.9 Å². The third-order valence-corrected chi connectivity index (χ3v) is 5.41. The van der Waals surface area contributed by atoms with Crippen molar-refractivity contribution in [2.45, 2.75) is 13.0 Å². The minimum absolute atomic E-state index is 0.0110. The van der Waals surface area contributed by atoms with Gasteiger partial charge in [-0.1, -0.05) is 17.7 Å². The Morgan fingerprint density at radius 1 is 1.42 bits per heavy atom. The van der Waals surface area contributed by atoms with E-state index in [-0.39, 0.29) is 5.91 Å². The van der Waals surface area contributed by atoms with E-state index in [1.165, 1.54) is 11.3 Å². The molecule has 0 spiro atoms. The standard InChI is InChI=1S/C18H18ClN5OS/c1-12-9-23(6-5-20-12)18(25)16-11-26-17(22-16)13-8-21-24(10-13)15-4-2-3-14(19)7-15/h2-4,7-8,10-12,20H,5-6,9H2,1H3/t12-/m0/s1. The van der Waals surface area contributed by atoms with Crippen LogP contribution in [0, 0.1) is 0 Å². The summed E-state index contributed by atoms with van der Waals surface area (Å²) in [5, 5.41) is 11.0. The Morgan fingerprint density at radius 2 is 2.31 bits per heavy atom. The number of thiazole rings is 1. The molecule has 0 aliphatic carbocycles. The highest BCUT2D eigenvalue weighted by Crippen LogP contribution is 2.25. The molecule has 1 aliphatic rings. The number of hydrogen-bond acceptors (Lipinski definition) is 5. The molecule has 1 atom stereocenters. The Hall–Kier alpha value is -2.22. The van der Waals surface area contributed by atoms with Crippen molar-refractivity contribution in [1.29, 1.82) is 0 Å². The van der Waals surface area contributed by atoms with Gasteiger partial charge in [0.2, 0.25) is 0 Å². The number of nitrogens with zero attached hydrogens (tertiary/aromatic N) is 4. The molecule has 3 aromatic rings. The molecule has 0 saturated carbocycles. The lowest BCUT2D eigenvalue weighted by Gasteiger charge is -2.31. The number of halogens is 1. The topological polar surface area (TPSA) is 63.1 Å². The highest BCUT2D eigenvalue weighted by atomic mass is 35.5. The zero-order valence-electron chi connectivity index (χ0n) is 14.2. The van der Waals surface area contributed by atoms with E-state index in [4.69, 9.17) is 11.6 Å². The van der Waals surface area contributed by atoms with Crippen molar-refractivity contribution >= 4 is 28.8 Å². The van der Waals surface area contributed by atoms with E-state index in [2.05, 4.69) is 22.3 Å². The summed E-state index contributed by atoms with van der Waals surface area (Å²) in [5.74, 6) is -0.0110. The molecule has 1 aliphatic heterocycles. The van der Waals surface area contributed by atoms with E-state index < -0.39 is 0 Å². The lowest BCUT2D eigenvalue weighted by molar-refractivity contribution is 0.0704. The van der Waals surface area contributed by atoms with Gasteiger partial charge in [-0.05, 0) is 25.1 Å². The number of aromatic nitrogens is 3. The van der Waals surface area contributed by atoms with Crippen LogP contribution in [0.25, 0.3) is 16.3 Å². The van der Waals surface area contributed by atoms with Gasteiger partial charge in [0.25, 0.3) is 5.91 Å². The van der Waals surface area contributed by atoms with Crippen molar-refractivity contribution in [2.24, 2.45) is 0 Å². The number of rotatable bonds is 3. The molecule has 6 nitrogen and oxygen atoms in total. The minimum atomic E-state index is -0.0110. The normalized spacial score (nSPS) is 17.5. The second-order valence-electron chi connectivity index (χ2n) is 6.30. The summed E-state index contributed by atoms with van der Waals surface area (Å²) < 4.78 is 1.75. The van der Waals surface area contributed by atoms with Gasteiger partial charge >= 0.3 is 0 Å². The van der Waals surface area contributed by atoms with Crippen molar-refractivity contribution in [3.8, 4) is 16.3 Å². The van der Waals surface area contributed by atoms with Gasteiger partial charge in [-0.2, -0.15) is 5.10 Å². The second-order valence-corrected chi connectivity index (χ2v) is 7.59. The van der Waals surface area contributed by atoms with Crippen LogP contribution in [0.1, 0.15) is 17.4 Å². The second kappa shape index (κ2) is 7.19.